The second-order valence-electron chi connectivity index (χ2n) is 6.99. The summed E-state index contributed by atoms with van der Waals surface area (Å²) in [5.74, 6) is 0.405. The number of aliphatic hydroxyl groups excluding tert-OH is 1. The van der Waals surface area contributed by atoms with Gasteiger partial charge < -0.3 is 14.7 Å². The maximum absolute atomic E-state index is 13.0. The van der Waals surface area contributed by atoms with Crippen LogP contribution in [0.3, 0.4) is 0 Å². The molecule has 2 fully saturated rings. The zero-order valence-electron chi connectivity index (χ0n) is 14.7. The molecule has 1 N–H and O–H groups in total. The number of carbonyl (C=O) groups is 1. The molecule has 1 aliphatic carbocycles. The van der Waals surface area contributed by atoms with E-state index in [4.69, 9.17) is 4.74 Å². The van der Waals surface area contributed by atoms with Crippen molar-refractivity contribution in [1.29, 1.82) is 0 Å². The SMILES string of the molecule is CC(=O)N1CCCN([C@H]2CCC[C@@H](Oc3ccc(F)cc3)[C@@H]2O)CC1. The summed E-state index contributed by atoms with van der Waals surface area (Å²) >= 11 is 0. The van der Waals surface area contributed by atoms with Crippen molar-refractivity contribution in [2.45, 2.75) is 50.9 Å². The quantitative estimate of drug-likeness (QED) is 0.906. The number of rotatable bonds is 3. The minimum Gasteiger partial charge on any atom is -0.488 e. The van der Waals surface area contributed by atoms with Gasteiger partial charge in [0.05, 0.1) is 0 Å². The Morgan fingerprint density at radius 2 is 1.88 bits per heavy atom. The third-order valence-electron chi connectivity index (χ3n) is 5.31. The van der Waals surface area contributed by atoms with Gasteiger partial charge in [0, 0.05) is 39.1 Å². The van der Waals surface area contributed by atoms with E-state index in [1.165, 1.54) is 12.1 Å². The van der Waals surface area contributed by atoms with Gasteiger partial charge in [0.1, 0.15) is 23.8 Å². The van der Waals surface area contributed by atoms with Crippen LogP contribution < -0.4 is 4.74 Å². The summed E-state index contributed by atoms with van der Waals surface area (Å²) in [7, 11) is 0. The topological polar surface area (TPSA) is 53.0 Å². The molecule has 1 saturated carbocycles. The lowest BCUT2D eigenvalue weighted by molar-refractivity contribution is -0.128. The maximum atomic E-state index is 13.0. The maximum Gasteiger partial charge on any atom is 0.219 e. The van der Waals surface area contributed by atoms with Crippen LogP contribution in [0.2, 0.25) is 0 Å². The van der Waals surface area contributed by atoms with E-state index in [0.29, 0.717) is 12.3 Å². The van der Waals surface area contributed by atoms with Gasteiger partial charge in [0.2, 0.25) is 5.91 Å². The van der Waals surface area contributed by atoms with Gasteiger partial charge >= 0.3 is 0 Å². The number of ether oxygens (including phenoxy) is 1. The Morgan fingerprint density at radius 3 is 2.60 bits per heavy atom. The number of amides is 1. The number of halogens is 1. The highest BCUT2D eigenvalue weighted by molar-refractivity contribution is 5.73. The second kappa shape index (κ2) is 8.15. The van der Waals surface area contributed by atoms with Crippen LogP contribution in [0.25, 0.3) is 0 Å². The Kier molecular flexibility index (Phi) is 5.91. The van der Waals surface area contributed by atoms with E-state index >= 15 is 0 Å². The molecule has 1 saturated heterocycles. The third kappa shape index (κ3) is 4.50. The van der Waals surface area contributed by atoms with Crippen molar-refractivity contribution in [2.75, 3.05) is 26.2 Å². The molecule has 0 unspecified atom stereocenters. The lowest BCUT2D eigenvalue weighted by atomic mass is 9.88. The van der Waals surface area contributed by atoms with Crippen LogP contribution in [0, 0.1) is 5.82 Å². The number of hydrogen-bond donors (Lipinski definition) is 1. The van der Waals surface area contributed by atoms with E-state index in [2.05, 4.69) is 4.90 Å². The molecule has 0 bridgehead atoms. The van der Waals surface area contributed by atoms with Crippen molar-refractivity contribution in [3.63, 3.8) is 0 Å². The molecule has 2 aliphatic rings. The second-order valence-corrected chi connectivity index (χ2v) is 6.99. The molecule has 3 rings (SSSR count). The Labute approximate surface area is 148 Å². The molecule has 138 valence electrons. The largest absolute Gasteiger partial charge is 0.488 e. The fraction of sp³-hybridized carbons (Fsp3) is 0.632. The summed E-state index contributed by atoms with van der Waals surface area (Å²) in [4.78, 5) is 15.8. The first-order chi connectivity index (χ1) is 12.0. The average molecular weight is 350 g/mol. The molecular weight excluding hydrogens is 323 g/mol. The van der Waals surface area contributed by atoms with E-state index in [9.17, 15) is 14.3 Å². The van der Waals surface area contributed by atoms with Crippen molar-refractivity contribution in [1.82, 2.24) is 9.80 Å². The molecule has 1 amide bonds. The molecule has 0 spiro atoms. The van der Waals surface area contributed by atoms with E-state index in [-0.39, 0.29) is 23.9 Å². The van der Waals surface area contributed by atoms with Gasteiger partial charge in [0.15, 0.2) is 0 Å². The van der Waals surface area contributed by atoms with Gasteiger partial charge in [-0.1, -0.05) is 0 Å². The van der Waals surface area contributed by atoms with E-state index in [1.807, 2.05) is 4.90 Å². The first kappa shape index (κ1) is 18.1. The molecule has 5 nitrogen and oxygen atoms in total. The summed E-state index contributed by atoms with van der Waals surface area (Å²) in [6.07, 6.45) is 2.78. The molecule has 6 heteroatoms. The lowest BCUT2D eigenvalue weighted by Crippen LogP contribution is -2.53. The zero-order valence-corrected chi connectivity index (χ0v) is 14.7. The molecule has 3 atom stereocenters. The highest BCUT2D eigenvalue weighted by Crippen LogP contribution is 2.28. The van der Waals surface area contributed by atoms with Gasteiger partial charge in [-0.15, -0.1) is 0 Å². The van der Waals surface area contributed by atoms with Gasteiger partial charge in [-0.25, -0.2) is 4.39 Å². The molecule has 1 aliphatic heterocycles. The summed E-state index contributed by atoms with van der Waals surface area (Å²) in [5, 5.41) is 10.8. The highest BCUT2D eigenvalue weighted by atomic mass is 19.1. The van der Waals surface area contributed by atoms with Crippen molar-refractivity contribution in [3.8, 4) is 5.75 Å². The minimum absolute atomic E-state index is 0.0473. The van der Waals surface area contributed by atoms with Crippen molar-refractivity contribution in [3.05, 3.63) is 30.1 Å². The first-order valence-corrected chi connectivity index (χ1v) is 9.14. The van der Waals surface area contributed by atoms with E-state index in [1.54, 1.807) is 19.1 Å². The standard InChI is InChI=1S/C19H27FN2O3/c1-14(23)21-10-3-11-22(13-12-21)17-4-2-5-18(19(17)24)25-16-8-6-15(20)7-9-16/h6-9,17-19,24H,2-5,10-13H2,1H3/t17-,18+,19+/m0/s1. The van der Waals surface area contributed by atoms with Crippen molar-refractivity contribution in [2.24, 2.45) is 0 Å². The average Bonchev–Trinajstić information content (AvgIpc) is 2.85. The predicted molar refractivity (Wildman–Crippen MR) is 92.9 cm³/mol. The Balaban J connectivity index is 1.62. The number of aliphatic hydroxyl groups is 1. The number of nitrogens with zero attached hydrogens (tertiary/aromatic N) is 2. The van der Waals surface area contributed by atoms with E-state index in [0.717, 1.165) is 45.3 Å². The Morgan fingerprint density at radius 1 is 1.12 bits per heavy atom. The summed E-state index contributed by atoms with van der Waals surface area (Å²) in [6, 6.07) is 5.98. The highest BCUT2D eigenvalue weighted by Gasteiger charge is 2.37. The minimum atomic E-state index is -0.581. The van der Waals surface area contributed by atoms with Gasteiger partial charge in [-0.05, 0) is 49.9 Å². The van der Waals surface area contributed by atoms with Crippen LogP contribution in [-0.2, 0) is 4.79 Å². The number of carbonyl (C=O) groups excluding carboxylic acids is 1. The van der Waals surface area contributed by atoms with Crippen molar-refractivity contribution >= 4 is 5.91 Å². The lowest BCUT2D eigenvalue weighted by Gasteiger charge is -2.41. The summed E-state index contributed by atoms with van der Waals surface area (Å²) in [6.45, 7) is 4.77. The monoisotopic (exact) mass is 350 g/mol. The molecule has 1 aromatic carbocycles. The number of benzene rings is 1. The molecule has 1 aromatic rings. The molecular formula is C19H27FN2O3. The third-order valence-corrected chi connectivity index (χ3v) is 5.31. The molecule has 25 heavy (non-hydrogen) atoms. The Hall–Kier alpha value is -1.66. The van der Waals surface area contributed by atoms with Crippen LogP contribution >= 0.6 is 0 Å². The molecule has 1 heterocycles. The van der Waals surface area contributed by atoms with Crippen LogP contribution in [0.4, 0.5) is 4.39 Å². The molecule has 0 aromatic heterocycles. The summed E-state index contributed by atoms with van der Waals surface area (Å²) < 4.78 is 19.0. The fourth-order valence-corrected chi connectivity index (χ4v) is 3.92. The van der Waals surface area contributed by atoms with Crippen LogP contribution in [0.15, 0.2) is 24.3 Å². The zero-order chi connectivity index (χ0) is 17.8. The van der Waals surface area contributed by atoms with Gasteiger partial charge in [-0.3, -0.25) is 9.69 Å². The normalized spacial score (nSPS) is 28.4. The number of hydrogen-bond acceptors (Lipinski definition) is 4. The Bertz CT molecular complexity index is 581. The van der Waals surface area contributed by atoms with Gasteiger partial charge in [-0.2, -0.15) is 0 Å². The predicted octanol–water partition coefficient (Wildman–Crippen LogP) is 2.04. The fourth-order valence-electron chi connectivity index (χ4n) is 3.92. The van der Waals surface area contributed by atoms with Crippen molar-refractivity contribution < 1.29 is 19.0 Å². The van der Waals surface area contributed by atoms with Gasteiger partial charge in [0.25, 0.3) is 0 Å². The van der Waals surface area contributed by atoms with Crippen LogP contribution in [0.5, 0.6) is 5.75 Å². The smallest absolute Gasteiger partial charge is 0.219 e. The van der Waals surface area contributed by atoms with E-state index < -0.39 is 6.10 Å². The summed E-state index contributed by atoms with van der Waals surface area (Å²) in [5.41, 5.74) is 0. The van der Waals surface area contributed by atoms with Crippen LogP contribution in [0.1, 0.15) is 32.6 Å². The van der Waals surface area contributed by atoms with Crippen LogP contribution in [-0.4, -0.2) is 65.2 Å². The molecule has 0 radical (unpaired) electrons. The first-order valence-electron chi connectivity index (χ1n) is 9.14.